The Hall–Kier alpha value is -3.93. The summed E-state index contributed by atoms with van der Waals surface area (Å²) in [5.74, 6) is -0.749. The Balaban J connectivity index is 1.28. The number of pyridine rings is 1. The normalized spacial score (nSPS) is 16.4. The van der Waals surface area contributed by atoms with Crippen LogP contribution in [0.4, 0.5) is 23.7 Å². The van der Waals surface area contributed by atoms with Crippen molar-refractivity contribution in [2.75, 3.05) is 11.4 Å². The first kappa shape index (κ1) is 29.2. The molecule has 0 spiro atoms. The number of benzene rings is 3. The molecule has 2 N–H and O–H groups in total. The Bertz CT molecular complexity index is 1800. The van der Waals surface area contributed by atoms with Gasteiger partial charge in [-0.05, 0) is 47.0 Å². The van der Waals surface area contributed by atoms with E-state index in [0.29, 0.717) is 12.2 Å². The predicted octanol–water partition coefficient (Wildman–Crippen LogP) is 7.28. The molecule has 1 fully saturated rings. The lowest BCUT2D eigenvalue weighted by molar-refractivity contribution is -0.141. The van der Waals surface area contributed by atoms with Gasteiger partial charge in [-0.2, -0.15) is 13.2 Å². The molecule has 7 nitrogen and oxygen atoms in total. The first-order valence-corrected chi connectivity index (χ1v) is 14.6. The number of carbonyl (C=O) groups excluding carboxylic acids is 2. The van der Waals surface area contributed by atoms with Crippen LogP contribution in [-0.4, -0.2) is 28.4 Å². The van der Waals surface area contributed by atoms with Crippen molar-refractivity contribution in [1.82, 2.24) is 15.2 Å². The van der Waals surface area contributed by atoms with E-state index in [9.17, 15) is 27.6 Å². The summed E-state index contributed by atoms with van der Waals surface area (Å²) >= 11 is 13.2. The van der Waals surface area contributed by atoms with E-state index in [0.717, 1.165) is 34.5 Å². The second-order valence-corrected chi connectivity index (χ2v) is 11.9. The second kappa shape index (κ2) is 11.3. The number of halogens is 5. The smallest absolute Gasteiger partial charge is 0.330 e. The van der Waals surface area contributed by atoms with Crippen LogP contribution in [0.25, 0.3) is 0 Å². The number of carbonyl (C=O) groups is 2. The second-order valence-electron chi connectivity index (χ2n) is 10.0. The Morgan fingerprint density at radius 3 is 2.30 bits per heavy atom. The number of amides is 3. The van der Waals surface area contributed by atoms with Crippen molar-refractivity contribution < 1.29 is 22.8 Å². The maximum atomic E-state index is 13.7. The summed E-state index contributed by atoms with van der Waals surface area (Å²) in [5, 5.41) is 3.29. The summed E-state index contributed by atoms with van der Waals surface area (Å²) in [4.78, 5) is 44.3. The van der Waals surface area contributed by atoms with Crippen LogP contribution in [0.15, 0.2) is 87.4 Å². The molecule has 0 bridgehead atoms. The minimum absolute atomic E-state index is 0.0942. The van der Waals surface area contributed by atoms with Gasteiger partial charge in [0.2, 0.25) is 0 Å². The van der Waals surface area contributed by atoms with E-state index in [1.165, 1.54) is 17.0 Å². The third-order valence-corrected chi connectivity index (χ3v) is 9.31. The van der Waals surface area contributed by atoms with Crippen LogP contribution < -0.4 is 15.8 Å². The number of urea groups is 1. The summed E-state index contributed by atoms with van der Waals surface area (Å²) in [7, 11) is 0. The molecule has 4 aromatic rings. The molecule has 0 saturated carbocycles. The molecule has 220 valence electrons. The molecule has 0 aliphatic carbocycles. The number of hydrogen-bond donors (Lipinski definition) is 2. The lowest BCUT2D eigenvalue weighted by Gasteiger charge is -2.19. The monoisotopic (exact) mass is 644 g/mol. The summed E-state index contributed by atoms with van der Waals surface area (Å²) in [6, 6.07) is 19.8. The molecule has 0 radical (unpaired) electrons. The van der Waals surface area contributed by atoms with Crippen molar-refractivity contribution in [3.05, 3.63) is 121 Å². The molecule has 1 unspecified atom stereocenters. The van der Waals surface area contributed by atoms with Crippen LogP contribution in [0.1, 0.15) is 38.8 Å². The highest BCUT2D eigenvalue weighted by molar-refractivity contribution is 7.99. The number of H-pyrrole nitrogens is 1. The molecule has 3 aromatic carbocycles. The molecule has 43 heavy (non-hydrogen) atoms. The predicted molar refractivity (Wildman–Crippen MR) is 158 cm³/mol. The van der Waals surface area contributed by atoms with Crippen LogP contribution in [0.5, 0.6) is 0 Å². The fraction of sp³-hybridized carbons (Fsp3) is 0.167. The fourth-order valence-corrected chi connectivity index (χ4v) is 6.79. The molecule has 2 aliphatic rings. The topological polar surface area (TPSA) is 85.5 Å². The summed E-state index contributed by atoms with van der Waals surface area (Å²) in [6.07, 6.45) is -4.86. The number of aromatic amines is 1. The van der Waals surface area contributed by atoms with Gasteiger partial charge in [-0.3, -0.25) is 14.5 Å². The van der Waals surface area contributed by atoms with E-state index in [-0.39, 0.29) is 45.0 Å². The Morgan fingerprint density at radius 1 is 0.907 bits per heavy atom. The highest BCUT2D eigenvalue weighted by Crippen LogP contribution is 2.41. The van der Waals surface area contributed by atoms with Crippen molar-refractivity contribution in [2.45, 2.75) is 35.1 Å². The van der Waals surface area contributed by atoms with Gasteiger partial charge in [-0.1, -0.05) is 77.4 Å². The van der Waals surface area contributed by atoms with E-state index >= 15 is 0 Å². The molecule has 6 rings (SSSR count). The summed E-state index contributed by atoms with van der Waals surface area (Å²) in [5.41, 5.74) is 0.239. The van der Waals surface area contributed by atoms with Crippen molar-refractivity contribution in [2.24, 2.45) is 0 Å². The molecule has 13 heteroatoms. The number of rotatable bonds is 5. The standard InChI is InChI=1S/C30H21Cl2F3N4O3S/c31-20-7-4-8-21(32)26(20)43-23-12-24(30(33,34)35)37-27(40)25(23)28(41)38-13-17-9-10-19(11-18(17)14-38)39-15-22(36-29(39)42)16-5-2-1-3-6-16/h1-12,22H,13-15H2,(H,36,42)(H,37,40). The zero-order valence-electron chi connectivity index (χ0n) is 22.0. The minimum Gasteiger partial charge on any atom is -0.330 e. The number of nitrogens with one attached hydrogen (secondary N) is 2. The zero-order chi connectivity index (χ0) is 30.5. The van der Waals surface area contributed by atoms with E-state index in [4.69, 9.17) is 23.2 Å². The lowest BCUT2D eigenvalue weighted by Crippen LogP contribution is -2.32. The Morgan fingerprint density at radius 2 is 1.60 bits per heavy atom. The fourth-order valence-electron chi connectivity index (χ4n) is 5.15. The van der Waals surface area contributed by atoms with Gasteiger partial charge in [0.15, 0.2) is 0 Å². The molecule has 3 heterocycles. The van der Waals surface area contributed by atoms with Crippen molar-refractivity contribution in [3.8, 4) is 0 Å². The number of aromatic nitrogens is 1. The maximum Gasteiger partial charge on any atom is 0.431 e. The van der Waals surface area contributed by atoms with E-state index in [1.54, 1.807) is 28.1 Å². The van der Waals surface area contributed by atoms with Gasteiger partial charge < -0.3 is 15.2 Å². The van der Waals surface area contributed by atoms with Gasteiger partial charge in [0, 0.05) is 28.6 Å². The summed E-state index contributed by atoms with van der Waals surface area (Å²) in [6.45, 7) is 0.637. The third-order valence-electron chi connectivity index (χ3n) is 7.27. The molecule has 1 aromatic heterocycles. The van der Waals surface area contributed by atoms with Crippen LogP contribution in [0.3, 0.4) is 0 Å². The largest absolute Gasteiger partial charge is 0.431 e. The van der Waals surface area contributed by atoms with Crippen LogP contribution in [0.2, 0.25) is 10.0 Å². The number of hydrogen-bond acceptors (Lipinski definition) is 4. The van der Waals surface area contributed by atoms with Gasteiger partial charge >= 0.3 is 12.2 Å². The van der Waals surface area contributed by atoms with Crippen LogP contribution in [-0.2, 0) is 19.3 Å². The maximum absolute atomic E-state index is 13.7. The van der Waals surface area contributed by atoms with Crippen LogP contribution >= 0.6 is 35.0 Å². The molecule has 2 aliphatic heterocycles. The van der Waals surface area contributed by atoms with Gasteiger partial charge in [-0.25, -0.2) is 4.79 Å². The average Bonchev–Trinajstić information content (AvgIpc) is 3.58. The third kappa shape index (κ3) is 5.72. The number of nitrogens with zero attached hydrogens (tertiary/aromatic N) is 2. The van der Waals surface area contributed by atoms with Crippen LogP contribution in [0, 0.1) is 0 Å². The summed E-state index contributed by atoms with van der Waals surface area (Å²) < 4.78 is 40.8. The number of fused-ring (bicyclic) bond motifs is 1. The first-order valence-electron chi connectivity index (χ1n) is 13.0. The SMILES string of the molecule is O=C(c1c(Sc2c(Cl)cccc2Cl)cc(C(F)(F)F)[nH]c1=O)N1Cc2ccc(N3CC(c4ccccc4)NC3=O)cc2C1. The quantitative estimate of drug-likeness (QED) is 0.239. The molecular formula is C30H21Cl2F3N4O3S. The van der Waals surface area contributed by atoms with Crippen molar-refractivity contribution in [3.63, 3.8) is 0 Å². The first-order chi connectivity index (χ1) is 20.5. The van der Waals surface area contributed by atoms with E-state index in [2.05, 4.69) is 5.32 Å². The zero-order valence-corrected chi connectivity index (χ0v) is 24.4. The van der Waals surface area contributed by atoms with Crippen molar-refractivity contribution in [1.29, 1.82) is 0 Å². The molecule has 1 atom stereocenters. The van der Waals surface area contributed by atoms with E-state index < -0.39 is 28.9 Å². The average molecular weight is 645 g/mol. The van der Waals surface area contributed by atoms with Gasteiger partial charge in [-0.15, -0.1) is 0 Å². The highest BCUT2D eigenvalue weighted by atomic mass is 35.5. The molecular weight excluding hydrogens is 624 g/mol. The lowest BCUT2D eigenvalue weighted by atomic mass is 10.1. The number of anilines is 1. The van der Waals surface area contributed by atoms with Gasteiger partial charge in [0.05, 0.1) is 22.6 Å². The van der Waals surface area contributed by atoms with Gasteiger partial charge in [0.25, 0.3) is 11.5 Å². The highest BCUT2D eigenvalue weighted by Gasteiger charge is 2.36. The van der Waals surface area contributed by atoms with E-state index in [1.807, 2.05) is 36.4 Å². The number of alkyl halides is 3. The Labute approximate surface area is 257 Å². The molecule has 1 saturated heterocycles. The molecule has 3 amide bonds. The van der Waals surface area contributed by atoms with Crippen molar-refractivity contribution >= 4 is 52.6 Å². The minimum atomic E-state index is -4.86. The van der Waals surface area contributed by atoms with Gasteiger partial charge in [0.1, 0.15) is 11.3 Å². The Kier molecular flexibility index (Phi) is 7.66.